The van der Waals surface area contributed by atoms with E-state index in [0.717, 1.165) is 36.2 Å². The van der Waals surface area contributed by atoms with E-state index in [1.54, 1.807) is 0 Å². The number of carbonyl (C=O) groups excluding carboxylic acids is 1. The van der Waals surface area contributed by atoms with Crippen LogP contribution in [0.15, 0.2) is 12.2 Å². The molecule has 126 valence electrons. The number of amides is 1. The number of hydrogen-bond donors (Lipinski definition) is 1. The maximum Gasteiger partial charge on any atom is 0.230 e. The van der Waals surface area contributed by atoms with Crippen molar-refractivity contribution in [1.29, 1.82) is 0 Å². The maximum atomic E-state index is 12.8. The Morgan fingerprint density at radius 1 is 1.48 bits per heavy atom. The van der Waals surface area contributed by atoms with Crippen LogP contribution in [-0.2, 0) is 11.3 Å². The highest BCUT2D eigenvalue weighted by molar-refractivity contribution is 6.31. The molecule has 1 aromatic heterocycles. The molecule has 3 rings (SSSR count). The molecule has 4 nitrogen and oxygen atoms in total. The summed E-state index contributed by atoms with van der Waals surface area (Å²) in [7, 11) is 0. The van der Waals surface area contributed by atoms with E-state index in [0.29, 0.717) is 24.0 Å². The van der Waals surface area contributed by atoms with Crippen molar-refractivity contribution in [2.24, 2.45) is 16.7 Å². The molecule has 0 aliphatic heterocycles. The molecule has 2 aliphatic rings. The van der Waals surface area contributed by atoms with Crippen molar-refractivity contribution in [1.82, 2.24) is 15.1 Å². The van der Waals surface area contributed by atoms with E-state index in [-0.39, 0.29) is 16.7 Å². The number of fused-ring (bicyclic) bond motifs is 2. The van der Waals surface area contributed by atoms with E-state index >= 15 is 0 Å². The average molecular weight is 336 g/mol. The molecule has 2 aliphatic carbocycles. The number of halogens is 1. The number of rotatable bonds is 4. The Hall–Kier alpha value is -1.29. The van der Waals surface area contributed by atoms with Gasteiger partial charge in [-0.3, -0.25) is 9.48 Å². The fourth-order valence-corrected chi connectivity index (χ4v) is 4.61. The van der Waals surface area contributed by atoms with Gasteiger partial charge in [-0.25, -0.2) is 0 Å². The summed E-state index contributed by atoms with van der Waals surface area (Å²) < 4.78 is 1.86. The van der Waals surface area contributed by atoms with Gasteiger partial charge >= 0.3 is 0 Å². The first-order chi connectivity index (χ1) is 10.7. The van der Waals surface area contributed by atoms with Gasteiger partial charge in [0.05, 0.1) is 28.4 Å². The zero-order valence-electron chi connectivity index (χ0n) is 14.5. The van der Waals surface area contributed by atoms with Gasteiger partial charge < -0.3 is 5.32 Å². The Morgan fingerprint density at radius 3 is 2.70 bits per heavy atom. The van der Waals surface area contributed by atoms with Crippen LogP contribution >= 0.6 is 11.6 Å². The van der Waals surface area contributed by atoms with Gasteiger partial charge in [0.25, 0.3) is 0 Å². The minimum absolute atomic E-state index is 0.0821. The summed E-state index contributed by atoms with van der Waals surface area (Å²) >= 11 is 6.16. The summed E-state index contributed by atoms with van der Waals surface area (Å²) in [6.45, 7) is 13.8. The van der Waals surface area contributed by atoms with Crippen molar-refractivity contribution in [3.63, 3.8) is 0 Å². The van der Waals surface area contributed by atoms with Crippen LogP contribution in [0.3, 0.4) is 0 Å². The average Bonchev–Trinajstić information content (AvgIpc) is 3.11. The van der Waals surface area contributed by atoms with Crippen LogP contribution in [0.1, 0.15) is 44.5 Å². The molecule has 0 aromatic carbocycles. The molecule has 0 saturated heterocycles. The van der Waals surface area contributed by atoms with Crippen molar-refractivity contribution < 1.29 is 4.79 Å². The van der Waals surface area contributed by atoms with Crippen LogP contribution in [-0.4, -0.2) is 22.2 Å². The van der Waals surface area contributed by atoms with Gasteiger partial charge in [-0.2, -0.15) is 5.10 Å². The smallest absolute Gasteiger partial charge is 0.230 e. The Labute approximate surface area is 143 Å². The monoisotopic (exact) mass is 335 g/mol. The Kier molecular flexibility index (Phi) is 3.87. The summed E-state index contributed by atoms with van der Waals surface area (Å²) in [6.07, 6.45) is 3.03. The Balaban J connectivity index is 1.64. The fraction of sp³-hybridized carbons (Fsp3) is 0.667. The van der Waals surface area contributed by atoms with Crippen LogP contribution < -0.4 is 5.32 Å². The lowest BCUT2D eigenvalue weighted by molar-refractivity contribution is -0.128. The minimum Gasteiger partial charge on any atom is -0.353 e. The Bertz CT molecular complexity index is 676. The molecule has 2 fully saturated rings. The van der Waals surface area contributed by atoms with Crippen LogP contribution in [0.25, 0.3) is 0 Å². The number of carbonyl (C=O) groups is 1. The number of nitrogens with zero attached hydrogens (tertiary/aromatic N) is 2. The Morgan fingerprint density at radius 2 is 2.17 bits per heavy atom. The van der Waals surface area contributed by atoms with Gasteiger partial charge in [-0.1, -0.05) is 37.6 Å². The van der Waals surface area contributed by atoms with Crippen molar-refractivity contribution in [2.45, 2.75) is 53.5 Å². The molecule has 1 amide bonds. The number of nitrogens with one attached hydrogen (secondary N) is 1. The van der Waals surface area contributed by atoms with Gasteiger partial charge in [0, 0.05) is 6.54 Å². The molecule has 0 radical (unpaired) electrons. The largest absolute Gasteiger partial charge is 0.353 e. The SMILES string of the molecule is C=C1C(C)(C)[C@H]2CC[C@]1(C(=O)NCCn1nc(C)c(Cl)c1C)C2. The third-order valence-electron chi connectivity index (χ3n) is 6.23. The van der Waals surface area contributed by atoms with E-state index < -0.39 is 0 Å². The first kappa shape index (κ1) is 16.6. The summed E-state index contributed by atoms with van der Waals surface area (Å²) in [6, 6.07) is 0. The number of aryl methyl sites for hydroxylation is 1. The second-order valence-electron chi connectivity index (χ2n) is 7.69. The third kappa shape index (κ3) is 2.34. The molecule has 1 N–H and O–H groups in total. The van der Waals surface area contributed by atoms with Gasteiger partial charge in [0.2, 0.25) is 5.91 Å². The molecule has 1 aromatic rings. The third-order valence-corrected chi connectivity index (χ3v) is 6.77. The molecule has 5 heteroatoms. The highest BCUT2D eigenvalue weighted by Crippen LogP contribution is 2.65. The van der Waals surface area contributed by atoms with Crippen molar-refractivity contribution >= 4 is 17.5 Å². The van der Waals surface area contributed by atoms with E-state index in [2.05, 4.69) is 30.8 Å². The summed E-state index contributed by atoms with van der Waals surface area (Å²) in [4.78, 5) is 12.8. The maximum absolute atomic E-state index is 12.8. The number of hydrogen-bond acceptors (Lipinski definition) is 2. The second kappa shape index (κ2) is 5.37. The van der Waals surface area contributed by atoms with Crippen molar-refractivity contribution in [2.75, 3.05) is 6.54 Å². The molecule has 1 heterocycles. The lowest BCUT2D eigenvalue weighted by Crippen LogP contribution is -2.42. The van der Waals surface area contributed by atoms with Gasteiger partial charge in [-0.15, -0.1) is 0 Å². The lowest BCUT2D eigenvalue weighted by Gasteiger charge is -2.37. The standard InChI is InChI=1S/C18H26ClN3O/c1-11-15(19)12(2)22(21-11)9-8-20-16(23)18-7-6-14(10-18)17(4,5)13(18)3/h14H,3,6-10H2,1-2,4-5H3,(H,20,23)/t14-,18-/m0/s1. The van der Waals surface area contributed by atoms with Crippen LogP contribution in [0.4, 0.5) is 0 Å². The first-order valence-electron chi connectivity index (χ1n) is 8.38. The molecular weight excluding hydrogens is 310 g/mol. The van der Waals surface area contributed by atoms with Crippen molar-refractivity contribution in [3.05, 3.63) is 28.6 Å². The van der Waals surface area contributed by atoms with E-state index in [1.807, 2.05) is 18.5 Å². The van der Waals surface area contributed by atoms with Crippen molar-refractivity contribution in [3.8, 4) is 0 Å². The predicted octanol–water partition coefficient (Wildman–Crippen LogP) is 3.65. The molecule has 2 bridgehead atoms. The van der Waals surface area contributed by atoms with E-state index in [1.165, 1.54) is 0 Å². The van der Waals surface area contributed by atoms with Crippen LogP contribution in [0, 0.1) is 30.6 Å². The quantitative estimate of drug-likeness (QED) is 0.854. The minimum atomic E-state index is -0.346. The van der Waals surface area contributed by atoms with E-state index in [4.69, 9.17) is 11.6 Å². The van der Waals surface area contributed by atoms with Gasteiger partial charge in [0.1, 0.15) is 0 Å². The highest BCUT2D eigenvalue weighted by Gasteiger charge is 2.60. The molecule has 2 atom stereocenters. The molecule has 0 unspecified atom stereocenters. The molecular formula is C18H26ClN3O. The summed E-state index contributed by atoms with van der Waals surface area (Å²) in [5, 5.41) is 8.22. The molecule has 0 spiro atoms. The normalized spacial score (nSPS) is 28.4. The first-order valence-corrected chi connectivity index (χ1v) is 8.75. The summed E-state index contributed by atoms with van der Waals surface area (Å²) in [5.41, 5.74) is 2.63. The van der Waals surface area contributed by atoms with Crippen LogP contribution in [0.2, 0.25) is 5.02 Å². The topological polar surface area (TPSA) is 46.9 Å². The van der Waals surface area contributed by atoms with Gasteiger partial charge in [-0.05, 0) is 44.4 Å². The fourth-order valence-electron chi connectivity index (χ4n) is 4.48. The predicted molar refractivity (Wildman–Crippen MR) is 92.4 cm³/mol. The zero-order valence-corrected chi connectivity index (χ0v) is 15.3. The van der Waals surface area contributed by atoms with Crippen LogP contribution in [0.5, 0.6) is 0 Å². The summed E-state index contributed by atoms with van der Waals surface area (Å²) in [5.74, 6) is 0.735. The number of aromatic nitrogens is 2. The van der Waals surface area contributed by atoms with Gasteiger partial charge in [0.15, 0.2) is 0 Å². The molecule has 2 saturated carbocycles. The lowest BCUT2D eigenvalue weighted by atomic mass is 9.68. The zero-order chi connectivity index (χ0) is 17.0. The van der Waals surface area contributed by atoms with E-state index in [9.17, 15) is 4.79 Å². The molecule has 23 heavy (non-hydrogen) atoms. The highest BCUT2D eigenvalue weighted by atomic mass is 35.5. The second-order valence-corrected chi connectivity index (χ2v) is 8.06.